The minimum absolute atomic E-state index is 0.512. The van der Waals surface area contributed by atoms with Gasteiger partial charge >= 0.3 is 0 Å². The monoisotopic (exact) mass is 297 g/mol. The molecule has 2 rings (SSSR count). The molecule has 5 nitrogen and oxygen atoms in total. The van der Waals surface area contributed by atoms with Crippen LogP contribution in [-0.4, -0.2) is 69.0 Å². The second-order valence-corrected chi connectivity index (χ2v) is 7.04. The van der Waals surface area contributed by atoms with Crippen molar-refractivity contribution < 1.29 is 0 Å². The van der Waals surface area contributed by atoms with E-state index in [-0.39, 0.29) is 0 Å². The van der Waals surface area contributed by atoms with Crippen molar-refractivity contribution in [2.75, 3.05) is 45.9 Å². The van der Waals surface area contributed by atoms with Crippen molar-refractivity contribution in [3.05, 3.63) is 0 Å². The zero-order chi connectivity index (χ0) is 15.1. The quantitative estimate of drug-likeness (QED) is 0.557. The standard InChI is InChI=1S/C16H35N5/c1-13(2)16-10-18-12-20-14(3)9-17-6-7-19-15-5-4-8-21(16)11-15/h13-20H,4-12H2,1-3H3. The molecule has 2 saturated heterocycles. The molecular formula is C16H35N5. The molecular weight excluding hydrogens is 262 g/mol. The van der Waals surface area contributed by atoms with Gasteiger partial charge < -0.3 is 21.3 Å². The Hall–Kier alpha value is -0.200. The summed E-state index contributed by atoms with van der Waals surface area (Å²) in [7, 11) is 0. The molecule has 21 heavy (non-hydrogen) atoms. The average Bonchev–Trinajstić information content (AvgIpc) is 2.46. The van der Waals surface area contributed by atoms with Crippen LogP contribution in [0.15, 0.2) is 0 Å². The van der Waals surface area contributed by atoms with Gasteiger partial charge in [-0.3, -0.25) is 4.90 Å². The van der Waals surface area contributed by atoms with E-state index in [1.54, 1.807) is 0 Å². The van der Waals surface area contributed by atoms with Crippen LogP contribution in [0.3, 0.4) is 0 Å². The van der Waals surface area contributed by atoms with Crippen molar-refractivity contribution in [2.45, 2.75) is 51.7 Å². The lowest BCUT2D eigenvalue weighted by Crippen LogP contribution is -2.55. The Bertz CT molecular complexity index is 284. The molecule has 0 amide bonds. The summed E-state index contributed by atoms with van der Waals surface area (Å²) in [6, 6.07) is 1.82. The van der Waals surface area contributed by atoms with E-state index in [0.717, 1.165) is 32.8 Å². The van der Waals surface area contributed by atoms with Crippen molar-refractivity contribution in [3.63, 3.8) is 0 Å². The molecule has 5 heteroatoms. The van der Waals surface area contributed by atoms with E-state index in [1.807, 2.05) is 0 Å². The number of piperidine rings is 1. The minimum atomic E-state index is 0.512. The van der Waals surface area contributed by atoms with Crippen LogP contribution in [0, 0.1) is 5.92 Å². The number of rotatable bonds is 1. The molecule has 4 atom stereocenters. The summed E-state index contributed by atoms with van der Waals surface area (Å²) in [5.41, 5.74) is 0. The Morgan fingerprint density at radius 3 is 2.71 bits per heavy atom. The van der Waals surface area contributed by atoms with Crippen molar-refractivity contribution in [3.8, 4) is 0 Å². The summed E-state index contributed by atoms with van der Waals surface area (Å²) < 4.78 is 0. The molecule has 4 unspecified atom stereocenters. The third-order valence-electron chi connectivity index (χ3n) is 4.81. The van der Waals surface area contributed by atoms with Gasteiger partial charge in [0.1, 0.15) is 0 Å². The van der Waals surface area contributed by atoms with Gasteiger partial charge in [0.05, 0.1) is 0 Å². The van der Waals surface area contributed by atoms with Crippen LogP contribution in [-0.2, 0) is 0 Å². The Balaban J connectivity index is 1.93. The van der Waals surface area contributed by atoms with Gasteiger partial charge in [-0.25, -0.2) is 0 Å². The molecule has 124 valence electrons. The summed E-state index contributed by atoms with van der Waals surface area (Å²) in [6.07, 6.45) is 2.65. The predicted octanol–water partition coefficient (Wildman–Crippen LogP) is 0.193. The Morgan fingerprint density at radius 1 is 1.05 bits per heavy atom. The second kappa shape index (κ2) is 9.06. The van der Waals surface area contributed by atoms with Crippen molar-refractivity contribution in [1.82, 2.24) is 26.2 Å². The van der Waals surface area contributed by atoms with Gasteiger partial charge in [-0.2, -0.15) is 0 Å². The molecule has 2 aliphatic rings. The van der Waals surface area contributed by atoms with Crippen LogP contribution in [0.25, 0.3) is 0 Å². The highest BCUT2D eigenvalue weighted by Crippen LogP contribution is 2.17. The van der Waals surface area contributed by atoms with Crippen LogP contribution in [0.1, 0.15) is 33.6 Å². The van der Waals surface area contributed by atoms with Crippen LogP contribution in [0.4, 0.5) is 0 Å². The van der Waals surface area contributed by atoms with E-state index in [0.29, 0.717) is 24.0 Å². The topological polar surface area (TPSA) is 51.4 Å². The van der Waals surface area contributed by atoms with E-state index in [2.05, 4.69) is 46.9 Å². The van der Waals surface area contributed by atoms with Gasteiger partial charge in [-0.05, 0) is 32.2 Å². The van der Waals surface area contributed by atoms with Gasteiger partial charge in [0.25, 0.3) is 0 Å². The van der Waals surface area contributed by atoms with Crippen molar-refractivity contribution in [1.29, 1.82) is 0 Å². The summed E-state index contributed by atoms with van der Waals surface area (Å²) >= 11 is 0. The Morgan fingerprint density at radius 2 is 1.90 bits per heavy atom. The highest BCUT2D eigenvalue weighted by Gasteiger charge is 2.27. The van der Waals surface area contributed by atoms with Crippen LogP contribution >= 0.6 is 0 Å². The van der Waals surface area contributed by atoms with Gasteiger partial charge in [-0.15, -0.1) is 0 Å². The van der Waals surface area contributed by atoms with E-state index >= 15 is 0 Å². The molecule has 0 aliphatic carbocycles. The number of fused-ring (bicyclic) bond motifs is 2. The molecule has 0 spiro atoms. The third kappa shape index (κ3) is 5.83. The first-order valence-electron chi connectivity index (χ1n) is 8.79. The molecule has 4 N–H and O–H groups in total. The fourth-order valence-electron chi connectivity index (χ4n) is 3.48. The third-order valence-corrected chi connectivity index (χ3v) is 4.81. The Kier molecular flexibility index (Phi) is 7.40. The zero-order valence-electron chi connectivity index (χ0n) is 14.1. The van der Waals surface area contributed by atoms with Crippen LogP contribution < -0.4 is 21.3 Å². The Labute approximate surface area is 130 Å². The van der Waals surface area contributed by atoms with Crippen molar-refractivity contribution in [2.24, 2.45) is 5.92 Å². The molecule has 0 saturated carbocycles. The highest BCUT2D eigenvalue weighted by molar-refractivity contribution is 4.85. The van der Waals surface area contributed by atoms with Crippen molar-refractivity contribution >= 4 is 0 Å². The number of nitrogens with zero attached hydrogens (tertiary/aromatic N) is 1. The van der Waals surface area contributed by atoms with E-state index in [1.165, 1.54) is 25.9 Å². The lowest BCUT2D eigenvalue weighted by atomic mass is 9.97. The molecule has 2 aliphatic heterocycles. The first kappa shape index (κ1) is 17.2. The lowest BCUT2D eigenvalue weighted by Gasteiger charge is -2.41. The molecule has 2 heterocycles. The first-order valence-corrected chi connectivity index (χ1v) is 8.79. The number of nitrogens with one attached hydrogen (secondary N) is 4. The number of hydrogen-bond acceptors (Lipinski definition) is 5. The largest absolute Gasteiger partial charge is 0.314 e. The molecule has 2 fully saturated rings. The lowest BCUT2D eigenvalue weighted by molar-refractivity contribution is 0.105. The summed E-state index contributed by atoms with van der Waals surface area (Å²) in [4.78, 5) is 2.70. The molecule has 0 aromatic carbocycles. The predicted molar refractivity (Wildman–Crippen MR) is 89.6 cm³/mol. The maximum atomic E-state index is 3.73. The molecule has 0 aromatic heterocycles. The van der Waals surface area contributed by atoms with Gasteiger partial charge in [0.2, 0.25) is 0 Å². The van der Waals surface area contributed by atoms with Gasteiger partial charge in [0, 0.05) is 57.5 Å². The first-order chi connectivity index (χ1) is 10.2. The van der Waals surface area contributed by atoms with Crippen LogP contribution in [0.2, 0.25) is 0 Å². The summed E-state index contributed by atoms with van der Waals surface area (Å²) in [5.74, 6) is 0.697. The average molecular weight is 297 g/mol. The smallest absolute Gasteiger partial charge is 0.0457 e. The molecule has 0 aromatic rings. The molecule has 2 bridgehead atoms. The maximum Gasteiger partial charge on any atom is 0.0457 e. The molecule has 0 radical (unpaired) electrons. The van der Waals surface area contributed by atoms with Gasteiger partial charge in [-0.1, -0.05) is 13.8 Å². The normalized spacial score (nSPS) is 37.1. The fourth-order valence-corrected chi connectivity index (χ4v) is 3.48. The summed E-state index contributed by atoms with van der Waals surface area (Å²) in [6.45, 7) is 14.6. The van der Waals surface area contributed by atoms with E-state index < -0.39 is 0 Å². The van der Waals surface area contributed by atoms with Gasteiger partial charge in [0.15, 0.2) is 0 Å². The second-order valence-electron chi connectivity index (χ2n) is 7.04. The SMILES string of the molecule is CC1CNCCNC2CCCN(C2)C(C(C)C)CNCN1. The fraction of sp³-hybridized carbons (Fsp3) is 1.00. The summed E-state index contributed by atoms with van der Waals surface area (Å²) in [5, 5.41) is 14.4. The van der Waals surface area contributed by atoms with Crippen LogP contribution in [0.5, 0.6) is 0 Å². The van der Waals surface area contributed by atoms with E-state index in [4.69, 9.17) is 0 Å². The number of hydrogen-bond donors (Lipinski definition) is 4. The van der Waals surface area contributed by atoms with E-state index in [9.17, 15) is 0 Å². The maximum absolute atomic E-state index is 3.73. The minimum Gasteiger partial charge on any atom is -0.314 e. The zero-order valence-corrected chi connectivity index (χ0v) is 14.1. The highest BCUT2D eigenvalue weighted by atomic mass is 15.2.